The van der Waals surface area contributed by atoms with E-state index in [4.69, 9.17) is 9.47 Å². The summed E-state index contributed by atoms with van der Waals surface area (Å²) in [5, 5.41) is 0. The van der Waals surface area contributed by atoms with Crippen LogP contribution in [-0.4, -0.2) is 57.6 Å². The molecule has 0 N–H and O–H groups in total. The summed E-state index contributed by atoms with van der Waals surface area (Å²) >= 11 is 0. The van der Waals surface area contributed by atoms with Gasteiger partial charge in [-0.25, -0.2) is 0 Å². The number of aldehydes is 1. The standard InChI is InChI=1S/C36H72O3.C7H13NO/c1-5-8-11-12-13-14-17-22-28-35(33-38-4)29-23-18-15-16-19-24-31-36(37)39-32-25-30-34(26-20-9-6-2)27-21-10-7-3;1-8-4-2-7(6-9)3-5-8/h34-35H,5-33H2,1-4H3;6-7H,2-5H2,1H3. The lowest BCUT2D eigenvalue weighted by atomic mass is 9.91. The van der Waals surface area contributed by atoms with E-state index >= 15 is 0 Å². The minimum atomic E-state index is 0.0203. The van der Waals surface area contributed by atoms with E-state index in [9.17, 15) is 9.59 Å². The molecule has 0 spiro atoms. The molecular weight excluding hydrogens is 594 g/mol. The molecule has 0 saturated carbocycles. The third-order valence-corrected chi connectivity index (χ3v) is 10.5. The number of carbonyl (C=O) groups is 2. The molecule has 0 amide bonds. The summed E-state index contributed by atoms with van der Waals surface area (Å²) in [5.74, 6) is 1.94. The maximum Gasteiger partial charge on any atom is 0.305 e. The Bertz CT molecular complexity index is 653. The van der Waals surface area contributed by atoms with E-state index in [0.717, 1.165) is 69.9 Å². The summed E-state index contributed by atoms with van der Waals surface area (Å²) in [6.45, 7) is 10.6. The largest absolute Gasteiger partial charge is 0.466 e. The van der Waals surface area contributed by atoms with Crippen molar-refractivity contribution >= 4 is 12.3 Å². The van der Waals surface area contributed by atoms with E-state index in [1.807, 2.05) is 7.11 Å². The third-order valence-electron chi connectivity index (χ3n) is 10.5. The van der Waals surface area contributed by atoms with Gasteiger partial charge in [0.2, 0.25) is 0 Å². The molecule has 5 heteroatoms. The maximum atomic E-state index is 12.1. The molecule has 0 bridgehead atoms. The third kappa shape index (κ3) is 32.3. The van der Waals surface area contributed by atoms with E-state index in [1.165, 1.54) is 148 Å². The highest BCUT2D eigenvalue weighted by Gasteiger charge is 2.15. The molecule has 1 aliphatic rings. The van der Waals surface area contributed by atoms with Gasteiger partial charge in [0, 0.05) is 26.1 Å². The van der Waals surface area contributed by atoms with Crippen molar-refractivity contribution in [3.63, 3.8) is 0 Å². The molecular formula is C43H85NO4. The van der Waals surface area contributed by atoms with Crippen molar-refractivity contribution in [1.29, 1.82) is 0 Å². The van der Waals surface area contributed by atoms with Crippen LogP contribution in [0.25, 0.3) is 0 Å². The normalized spacial score (nSPS) is 14.5. The molecule has 0 aromatic rings. The average Bonchev–Trinajstić information content (AvgIpc) is 3.09. The minimum absolute atomic E-state index is 0.0203. The number of unbranched alkanes of at least 4 members (excludes halogenated alkanes) is 16. The second kappa shape index (κ2) is 37.3. The highest BCUT2D eigenvalue weighted by atomic mass is 16.5. The molecule has 1 saturated heterocycles. The second-order valence-corrected chi connectivity index (χ2v) is 15.2. The summed E-state index contributed by atoms with van der Waals surface area (Å²) in [6, 6.07) is 0. The first kappa shape index (κ1) is 47.1. The smallest absolute Gasteiger partial charge is 0.305 e. The predicted molar refractivity (Wildman–Crippen MR) is 208 cm³/mol. The summed E-state index contributed by atoms with van der Waals surface area (Å²) in [7, 11) is 3.95. The fourth-order valence-electron chi connectivity index (χ4n) is 7.12. The number of hydrogen-bond acceptors (Lipinski definition) is 5. The van der Waals surface area contributed by atoms with Crippen LogP contribution >= 0.6 is 0 Å². The van der Waals surface area contributed by atoms with Crippen LogP contribution in [0, 0.1) is 17.8 Å². The van der Waals surface area contributed by atoms with Crippen molar-refractivity contribution in [1.82, 2.24) is 4.90 Å². The highest BCUT2D eigenvalue weighted by molar-refractivity contribution is 5.69. The molecule has 286 valence electrons. The second-order valence-electron chi connectivity index (χ2n) is 15.2. The van der Waals surface area contributed by atoms with E-state index in [2.05, 4.69) is 32.7 Å². The summed E-state index contributed by atoms with van der Waals surface area (Å²) < 4.78 is 11.1. The number of carbonyl (C=O) groups excluding carboxylic acids is 2. The van der Waals surface area contributed by atoms with Crippen LogP contribution in [0.1, 0.15) is 207 Å². The summed E-state index contributed by atoms with van der Waals surface area (Å²) in [5.41, 5.74) is 0. The van der Waals surface area contributed by atoms with E-state index in [1.54, 1.807) is 0 Å². The monoisotopic (exact) mass is 680 g/mol. The SMILES string of the molecule is CCCCCCCCCCC(CCCCCCCCC(=O)OCCCC(CCCCC)CCCCC)COC.CN1CCC(C=O)CC1. The molecule has 0 aromatic carbocycles. The van der Waals surface area contributed by atoms with Crippen molar-refractivity contribution in [2.24, 2.45) is 17.8 Å². The Morgan fingerprint density at radius 3 is 1.54 bits per heavy atom. The summed E-state index contributed by atoms with van der Waals surface area (Å²) in [6.07, 6.45) is 38.0. The maximum absolute atomic E-state index is 12.1. The van der Waals surface area contributed by atoms with Crippen LogP contribution in [0.3, 0.4) is 0 Å². The molecule has 1 fully saturated rings. The Labute approximate surface area is 300 Å². The zero-order chi connectivity index (χ0) is 35.3. The van der Waals surface area contributed by atoms with Crippen LogP contribution in [-0.2, 0) is 19.1 Å². The van der Waals surface area contributed by atoms with Crippen LogP contribution in [0.5, 0.6) is 0 Å². The number of methoxy groups -OCH3 is 1. The Kier molecular flexibility index (Phi) is 36.6. The number of ether oxygens (including phenoxy) is 2. The number of rotatable bonds is 33. The van der Waals surface area contributed by atoms with Crippen molar-refractivity contribution in [3.05, 3.63) is 0 Å². The van der Waals surface area contributed by atoms with Gasteiger partial charge < -0.3 is 19.2 Å². The van der Waals surface area contributed by atoms with Gasteiger partial charge >= 0.3 is 5.97 Å². The topological polar surface area (TPSA) is 55.8 Å². The molecule has 1 aliphatic heterocycles. The lowest BCUT2D eigenvalue weighted by molar-refractivity contribution is -0.144. The number of nitrogens with zero attached hydrogens (tertiary/aromatic N) is 1. The lowest BCUT2D eigenvalue weighted by Gasteiger charge is -2.25. The predicted octanol–water partition coefficient (Wildman–Crippen LogP) is 12.5. The zero-order valence-electron chi connectivity index (χ0n) is 33.2. The molecule has 0 aliphatic carbocycles. The fourth-order valence-corrected chi connectivity index (χ4v) is 7.12. The molecule has 48 heavy (non-hydrogen) atoms. The number of piperidine rings is 1. The van der Waals surface area contributed by atoms with Crippen LogP contribution < -0.4 is 0 Å². The van der Waals surface area contributed by atoms with Crippen molar-refractivity contribution in [2.45, 2.75) is 207 Å². The van der Waals surface area contributed by atoms with Crippen molar-refractivity contribution in [2.75, 3.05) is 40.5 Å². The van der Waals surface area contributed by atoms with Gasteiger partial charge in [0.15, 0.2) is 0 Å². The van der Waals surface area contributed by atoms with Gasteiger partial charge in [0.1, 0.15) is 6.29 Å². The van der Waals surface area contributed by atoms with E-state index in [0.29, 0.717) is 18.9 Å². The number of esters is 1. The molecule has 1 heterocycles. The first-order valence-corrected chi connectivity index (χ1v) is 21.3. The molecule has 5 nitrogen and oxygen atoms in total. The van der Waals surface area contributed by atoms with E-state index < -0.39 is 0 Å². The minimum Gasteiger partial charge on any atom is -0.466 e. The summed E-state index contributed by atoms with van der Waals surface area (Å²) in [4.78, 5) is 24.6. The quantitative estimate of drug-likeness (QED) is 0.0392. The molecule has 0 radical (unpaired) electrons. The van der Waals surface area contributed by atoms with Gasteiger partial charge in [0.05, 0.1) is 6.61 Å². The fraction of sp³-hybridized carbons (Fsp3) is 0.953. The number of hydrogen-bond donors (Lipinski definition) is 0. The van der Waals surface area contributed by atoms with Gasteiger partial charge in [0.25, 0.3) is 0 Å². The van der Waals surface area contributed by atoms with Crippen LogP contribution in [0.2, 0.25) is 0 Å². The number of likely N-dealkylation sites (tertiary alicyclic amines) is 1. The Hall–Kier alpha value is -0.940. The molecule has 1 unspecified atom stereocenters. The molecule has 0 aromatic heterocycles. The first-order valence-electron chi connectivity index (χ1n) is 21.3. The Balaban J connectivity index is 0.00000209. The van der Waals surface area contributed by atoms with Gasteiger partial charge in [-0.05, 0) is 76.9 Å². The van der Waals surface area contributed by atoms with Gasteiger partial charge in [-0.3, -0.25) is 4.79 Å². The van der Waals surface area contributed by atoms with E-state index in [-0.39, 0.29) is 5.97 Å². The van der Waals surface area contributed by atoms with Crippen LogP contribution in [0.15, 0.2) is 0 Å². The lowest BCUT2D eigenvalue weighted by Crippen LogP contribution is -2.30. The van der Waals surface area contributed by atoms with Crippen molar-refractivity contribution in [3.8, 4) is 0 Å². The molecule has 1 atom stereocenters. The van der Waals surface area contributed by atoms with Gasteiger partial charge in [-0.1, -0.05) is 156 Å². The first-order chi connectivity index (χ1) is 23.5. The highest BCUT2D eigenvalue weighted by Crippen LogP contribution is 2.23. The van der Waals surface area contributed by atoms with Crippen molar-refractivity contribution < 1.29 is 19.1 Å². The van der Waals surface area contributed by atoms with Crippen LogP contribution in [0.4, 0.5) is 0 Å². The van der Waals surface area contributed by atoms with Gasteiger partial charge in [-0.15, -0.1) is 0 Å². The molecule has 1 rings (SSSR count). The average molecular weight is 680 g/mol. The Morgan fingerprint density at radius 2 is 1.04 bits per heavy atom. The van der Waals surface area contributed by atoms with Gasteiger partial charge in [-0.2, -0.15) is 0 Å². The zero-order valence-corrected chi connectivity index (χ0v) is 33.2. The Morgan fingerprint density at radius 1 is 0.625 bits per heavy atom.